The minimum absolute atomic E-state index is 0.145. The second kappa shape index (κ2) is 4.19. The van der Waals surface area contributed by atoms with Gasteiger partial charge in [0.15, 0.2) is 5.78 Å². The normalized spacial score (nSPS) is 26.9. The first-order valence-electron chi connectivity index (χ1n) is 5.84. The van der Waals surface area contributed by atoms with Gasteiger partial charge in [-0.15, -0.1) is 0 Å². The molecule has 4 heteroatoms. The third-order valence-electron chi connectivity index (χ3n) is 3.44. The number of cyclic esters (lactones) is 1. The van der Waals surface area contributed by atoms with Gasteiger partial charge >= 0.3 is 5.97 Å². The lowest BCUT2D eigenvalue weighted by molar-refractivity contribution is -0.177. The van der Waals surface area contributed by atoms with Crippen LogP contribution in [-0.2, 0) is 14.3 Å². The molecule has 1 aromatic carbocycles. The average molecular weight is 250 g/mol. The Kier molecular flexibility index (Phi) is 2.97. The molecule has 0 spiro atoms. The van der Waals surface area contributed by atoms with E-state index >= 15 is 0 Å². The van der Waals surface area contributed by atoms with Crippen molar-refractivity contribution in [2.45, 2.75) is 26.9 Å². The Morgan fingerprint density at radius 2 is 1.72 bits per heavy atom. The van der Waals surface area contributed by atoms with E-state index < -0.39 is 23.4 Å². The fraction of sp³-hybridized carbons (Fsp3) is 0.429. The Bertz CT molecular complexity index is 490. The number of esters is 1. The number of carbonyl (C=O) groups excluding carboxylic acids is 2. The van der Waals surface area contributed by atoms with E-state index in [-0.39, 0.29) is 11.6 Å². The summed E-state index contributed by atoms with van der Waals surface area (Å²) >= 11 is 0. The molecule has 1 saturated heterocycles. The number of hydrogen-bond donors (Lipinski definition) is 0. The standard InChI is InChI=1S/C14H15FO3/c1-8-11(16)14(2,3)12(18-13(8)17)9-4-6-10(15)7-5-9/h4-8,12H,1-3H3/t8-,12+/m0/s1. The average Bonchev–Trinajstić information content (AvgIpc) is 2.33. The van der Waals surface area contributed by atoms with Gasteiger partial charge in [-0.1, -0.05) is 12.1 Å². The largest absolute Gasteiger partial charge is 0.456 e. The topological polar surface area (TPSA) is 43.4 Å². The lowest BCUT2D eigenvalue weighted by atomic mass is 9.73. The van der Waals surface area contributed by atoms with Gasteiger partial charge in [-0.25, -0.2) is 4.39 Å². The number of hydrogen-bond acceptors (Lipinski definition) is 3. The van der Waals surface area contributed by atoms with Crippen LogP contribution in [0, 0.1) is 17.2 Å². The van der Waals surface area contributed by atoms with E-state index in [1.165, 1.54) is 24.3 Å². The quantitative estimate of drug-likeness (QED) is 0.568. The molecule has 3 nitrogen and oxygen atoms in total. The molecule has 1 aliphatic heterocycles. The summed E-state index contributed by atoms with van der Waals surface area (Å²) in [4.78, 5) is 23.8. The first-order chi connectivity index (χ1) is 8.34. The highest BCUT2D eigenvalue weighted by Crippen LogP contribution is 2.43. The molecule has 0 amide bonds. The molecule has 0 radical (unpaired) electrons. The smallest absolute Gasteiger partial charge is 0.316 e. The summed E-state index contributed by atoms with van der Waals surface area (Å²) < 4.78 is 18.2. The van der Waals surface area contributed by atoms with Crippen LogP contribution >= 0.6 is 0 Å². The van der Waals surface area contributed by atoms with Crippen molar-refractivity contribution in [2.75, 3.05) is 0 Å². The lowest BCUT2D eigenvalue weighted by Crippen LogP contribution is -2.46. The summed E-state index contributed by atoms with van der Waals surface area (Å²) in [5, 5.41) is 0. The van der Waals surface area contributed by atoms with E-state index in [9.17, 15) is 14.0 Å². The molecule has 1 heterocycles. The summed E-state index contributed by atoms with van der Waals surface area (Å²) in [6.07, 6.45) is -0.658. The second-order valence-corrected chi connectivity index (χ2v) is 5.18. The van der Waals surface area contributed by atoms with Gasteiger partial charge in [0.2, 0.25) is 0 Å². The number of Topliss-reactive ketones (excluding diaryl/α,β-unsaturated/α-hetero) is 1. The summed E-state index contributed by atoms with van der Waals surface area (Å²) in [5.74, 6) is -1.77. The predicted octanol–water partition coefficient (Wildman–Crippen LogP) is 2.66. The number of ketones is 1. The first kappa shape index (κ1) is 12.7. The van der Waals surface area contributed by atoms with Crippen molar-refractivity contribution in [1.82, 2.24) is 0 Å². The highest BCUT2D eigenvalue weighted by atomic mass is 19.1. The maximum Gasteiger partial charge on any atom is 0.316 e. The van der Waals surface area contributed by atoms with E-state index in [0.717, 1.165) is 0 Å². The molecule has 1 fully saturated rings. The van der Waals surface area contributed by atoms with Crippen molar-refractivity contribution in [3.05, 3.63) is 35.6 Å². The zero-order valence-electron chi connectivity index (χ0n) is 10.6. The molecule has 0 bridgehead atoms. The van der Waals surface area contributed by atoms with E-state index in [2.05, 4.69) is 0 Å². The van der Waals surface area contributed by atoms with E-state index in [4.69, 9.17) is 4.74 Å². The highest BCUT2D eigenvalue weighted by Gasteiger charge is 2.49. The molecular weight excluding hydrogens is 235 g/mol. The van der Waals surface area contributed by atoms with E-state index in [1.807, 2.05) is 0 Å². The Hall–Kier alpha value is -1.71. The highest BCUT2D eigenvalue weighted by molar-refractivity contribution is 6.03. The number of carbonyl (C=O) groups is 2. The van der Waals surface area contributed by atoms with Crippen LogP contribution in [0.15, 0.2) is 24.3 Å². The van der Waals surface area contributed by atoms with Crippen molar-refractivity contribution >= 4 is 11.8 Å². The third kappa shape index (κ3) is 1.92. The van der Waals surface area contributed by atoms with Crippen LogP contribution in [0.3, 0.4) is 0 Å². The monoisotopic (exact) mass is 250 g/mol. The van der Waals surface area contributed by atoms with Gasteiger partial charge in [-0.3, -0.25) is 9.59 Å². The zero-order valence-corrected chi connectivity index (χ0v) is 10.6. The molecule has 2 atom stereocenters. The molecular formula is C14H15FO3. The molecule has 0 N–H and O–H groups in total. The molecule has 96 valence electrons. The molecule has 1 aromatic rings. The van der Waals surface area contributed by atoms with Crippen LogP contribution in [0.4, 0.5) is 4.39 Å². The zero-order chi connectivity index (χ0) is 13.5. The molecule has 2 rings (SSSR count). The fourth-order valence-electron chi connectivity index (χ4n) is 2.28. The van der Waals surface area contributed by atoms with Gasteiger partial charge in [0.25, 0.3) is 0 Å². The minimum Gasteiger partial charge on any atom is -0.456 e. The molecule has 0 unspecified atom stereocenters. The molecule has 0 aromatic heterocycles. The van der Waals surface area contributed by atoms with E-state index in [1.54, 1.807) is 20.8 Å². The van der Waals surface area contributed by atoms with Crippen LogP contribution in [0.2, 0.25) is 0 Å². The summed E-state index contributed by atoms with van der Waals surface area (Å²) in [6, 6.07) is 5.67. The predicted molar refractivity (Wildman–Crippen MR) is 63.2 cm³/mol. The van der Waals surface area contributed by atoms with Crippen molar-refractivity contribution in [3.63, 3.8) is 0 Å². The van der Waals surface area contributed by atoms with Crippen molar-refractivity contribution in [2.24, 2.45) is 11.3 Å². The number of rotatable bonds is 1. The van der Waals surface area contributed by atoms with Crippen LogP contribution in [0.25, 0.3) is 0 Å². The van der Waals surface area contributed by atoms with Gasteiger partial charge in [0.1, 0.15) is 17.8 Å². The summed E-state index contributed by atoms with van der Waals surface area (Å²) in [6.45, 7) is 5.03. The van der Waals surface area contributed by atoms with Gasteiger partial charge in [-0.05, 0) is 38.5 Å². The molecule has 1 aliphatic rings. The lowest BCUT2D eigenvalue weighted by Gasteiger charge is -2.39. The Morgan fingerprint density at radius 3 is 2.28 bits per heavy atom. The maximum atomic E-state index is 12.9. The Balaban J connectivity index is 2.40. The third-order valence-corrected chi connectivity index (χ3v) is 3.44. The molecule has 18 heavy (non-hydrogen) atoms. The number of halogens is 1. The van der Waals surface area contributed by atoms with Gasteiger partial charge in [-0.2, -0.15) is 0 Å². The number of benzene rings is 1. The minimum atomic E-state index is -0.800. The summed E-state index contributed by atoms with van der Waals surface area (Å²) in [7, 11) is 0. The molecule has 0 saturated carbocycles. The van der Waals surface area contributed by atoms with Crippen LogP contribution in [-0.4, -0.2) is 11.8 Å². The second-order valence-electron chi connectivity index (χ2n) is 5.18. The SMILES string of the molecule is C[C@@H]1C(=O)O[C@H](c2ccc(F)cc2)C(C)(C)C1=O. The fourth-order valence-corrected chi connectivity index (χ4v) is 2.28. The van der Waals surface area contributed by atoms with Gasteiger partial charge < -0.3 is 4.74 Å². The van der Waals surface area contributed by atoms with Crippen molar-refractivity contribution < 1.29 is 18.7 Å². The van der Waals surface area contributed by atoms with Crippen molar-refractivity contribution in [3.8, 4) is 0 Å². The van der Waals surface area contributed by atoms with Gasteiger partial charge in [0.05, 0.1) is 5.41 Å². The van der Waals surface area contributed by atoms with Gasteiger partial charge in [0, 0.05) is 0 Å². The van der Waals surface area contributed by atoms with Crippen molar-refractivity contribution in [1.29, 1.82) is 0 Å². The maximum absolute atomic E-state index is 12.9. The van der Waals surface area contributed by atoms with Crippen LogP contribution in [0.5, 0.6) is 0 Å². The molecule has 0 aliphatic carbocycles. The van der Waals surface area contributed by atoms with Crippen LogP contribution < -0.4 is 0 Å². The van der Waals surface area contributed by atoms with Crippen LogP contribution in [0.1, 0.15) is 32.4 Å². The van der Waals surface area contributed by atoms with E-state index in [0.29, 0.717) is 5.56 Å². The Morgan fingerprint density at radius 1 is 1.17 bits per heavy atom. The number of ether oxygens (including phenoxy) is 1. The first-order valence-corrected chi connectivity index (χ1v) is 5.84. The Labute approximate surface area is 105 Å². The summed E-state index contributed by atoms with van der Waals surface area (Å²) in [5.41, 5.74) is -0.166.